The largest absolute Gasteiger partial charge is 0.496 e. The van der Waals surface area contributed by atoms with E-state index in [0.29, 0.717) is 177 Å². The summed E-state index contributed by atoms with van der Waals surface area (Å²) in [6.45, 7) is 0. The molecule has 0 unspecified atom stereocenters. The van der Waals surface area contributed by atoms with Crippen LogP contribution in [-0.4, -0.2) is 199 Å². The van der Waals surface area contributed by atoms with Crippen molar-refractivity contribution >= 4 is 0 Å². The van der Waals surface area contributed by atoms with Gasteiger partial charge in [-0.2, -0.15) is 0 Å². The van der Waals surface area contributed by atoms with Crippen molar-refractivity contribution in [1.29, 1.82) is 0 Å². The highest BCUT2D eigenvalue weighted by Crippen LogP contribution is 2.51. The summed E-state index contributed by atoms with van der Waals surface area (Å²) < 4.78 is 162. The van der Waals surface area contributed by atoms with Gasteiger partial charge in [0.1, 0.15) is 23.0 Å². The first-order chi connectivity index (χ1) is 72.0. The fraction of sp³-hybridized carbons (Fsp3) is 0.400. The molecule has 0 aliphatic carbocycles. The zero-order valence-corrected chi connectivity index (χ0v) is 91.2. The Morgan fingerprint density at radius 2 is 0.277 bits per heavy atom. The number of ether oxygens (including phenoxy) is 28. The number of aryl methyl sites for hydroxylation is 10. The molecule has 148 heavy (non-hydrogen) atoms. The first kappa shape index (κ1) is 113. The summed E-state index contributed by atoms with van der Waals surface area (Å²) in [5.41, 5.74) is 17.1. The van der Waals surface area contributed by atoms with Gasteiger partial charge in [0.15, 0.2) is 92.0 Å². The van der Waals surface area contributed by atoms with Gasteiger partial charge in [0, 0.05) is 0 Å². The molecule has 0 saturated heterocycles. The Balaban J connectivity index is 0.000000281. The number of methoxy groups -OCH3 is 28. The molecule has 0 amide bonds. The quantitative estimate of drug-likeness (QED) is 0.0343. The summed E-state index contributed by atoms with van der Waals surface area (Å²) in [4.78, 5) is 0. The SMILES string of the molecule is COc1cc(C[C@@H](CCc2cc(OC)c(OC)c(OC)c2)[C@@H](Cc2ccc(CCc3cc(OC)c(OC)c(OC)c3)c(OC)c2)c2cc(OC)c(OC)c(OC)c2)ccc1CCc1cc(OC)c(OC)c(OC)c1.COc1cc(C[C@H](CCc2cc(OC)c(OC)c(OC)c2)[C@H](Cc2ccc(CCc3cc(OC)c(OC)c(OC)c3)c(OC)c2)c2cc(OC)c(OC)c(OC)c2)ccc1CCc1cc(OC)c(OC)c(OC)c1. The van der Waals surface area contributed by atoms with Gasteiger partial charge in [0.25, 0.3) is 0 Å². The van der Waals surface area contributed by atoms with E-state index in [0.717, 1.165) is 176 Å². The van der Waals surface area contributed by atoms with Gasteiger partial charge in [0.2, 0.25) is 46.0 Å². The van der Waals surface area contributed by atoms with Crippen LogP contribution < -0.4 is 133 Å². The van der Waals surface area contributed by atoms with Crippen LogP contribution in [0.4, 0.5) is 0 Å². The molecule has 28 nitrogen and oxygen atoms in total. The second-order valence-corrected chi connectivity index (χ2v) is 35.3. The second kappa shape index (κ2) is 56.1. The molecule has 0 fully saturated rings. The zero-order chi connectivity index (χ0) is 107. The van der Waals surface area contributed by atoms with E-state index in [4.69, 9.17) is 133 Å². The minimum atomic E-state index is -0.0776. The van der Waals surface area contributed by atoms with Gasteiger partial charge in [0.05, 0.1) is 199 Å². The van der Waals surface area contributed by atoms with Crippen LogP contribution in [0, 0.1) is 11.8 Å². The van der Waals surface area contributed by atoms with E-state index < -0.39 is 0 Å². The molecular weight excluding hydrogens is 1890 g/mol. The standard InChI is InChI=1S/2C60H74O14/c2*1-61-47-27-37(15-20-42(47)22-17-39-29-49(63-3)57(71-11)50(30-39)64-4)25-44(24-19-41-33-53(67-7)59(73-13)54(34-41)68-8)46(45-35-55(69-9)60(74-14)56(36-45)70-10)26-38-16-21-43(48(28-38)62-2)23-18-40-31-51(65-5)58(72-12)52(32-40)66-6/h2*15-16,20-21,27-36,44,46H,17-19,22-26H2,1-14H3/t2*44-,46-/m10/s1. The third-order valence-electron chi connectivity index (χ3n) is 27.4. The van der Waals surface area contributed by atoms with Crippen LogP contribution in [0.1, 0.15) is 114 Å². The van der Waals surface area contributed by atoms with Gasteiger partial charge in [-0.1, -0.05) is 48.5 Å². The van der Waals surface area contributed by atoms with Crippen LogP contribution in [0.25, 0.3) is 0 Å². The van der Waals surface area contributed by atoms with Crippen LogP contribution in [0.3, 0.4) is 0 Å². The molecule has 0 aliphatic rings. The fourth-order valence-corrected chi connectivity index (χ4v) is 19.7. The molecular formula is C120H148O28. The maximum atomic E-state index is 6.14. The molecule has 0 aromatic heterocycles. The topological polar surface area (TPSA) is 258 Å². The monoisotopic (exact) mass is 2040 g/mol. The van der Waals surface area contributed by atoms with Crippen molar-refractivity contribution in [1.82, 2.24) is 0 Å². The first-order valence-electron chi connectivity index (χ1n) is 49.0. The Labute approximate surface area is 873 Å². The minimum Gasteiger partial charge on any atom is -0.496 e. The third-order valence-corrected chi connectivity index (χ3v) is 27.4. The summed E-state index contributed by atoms with van der Waals surface area (Å²) in [5, 5.41) is 0. The maximum Gasteiger partial charge on any atom is 0.203 e. The molecule has 28 heteroatoms. The molecule has 0 N–H and O–H groups in total. The van der Waals surface area contributed by atoms with E-state index in [1.54, 1.807) is 199 Å². The summed E-state index contributed by atoms with van der Waals surface area (Å²) >= 11 is 0. The van der Waals surface area contributed by atoms with E-state index in [1.165, 1.54) is 0 Å². The van der Waals surface area contributed by atoms with Crippen molar-refractivity contribution in [2.24, 2.45) is 11.8 Å². The lowest BCUT2D eigenvalue weighted by molar-refractivity contribution is 0.320. The highest BCUT2D eigenvalue weighted by atomic mass is 16.6. The number of hydrogen-bond donors (Lipinski definition) is 0. The molecule has 0 aliphatic heterocycles. The zero-order valence-electron chi connectivity index (χ0n) is 91.2. The van der Waals surface area contributed by atoms with Gasteiger partial charge in [-0.05, 0) is 337 Å². The lowest BCUT2D eigenvalue weighted by Crippen LogP contribution is -2.20. The van der Waals surface area contributed by atoms with E-state index in [1.807, 2.05) is 72.8 Å². The Morgan fingerprint density at radius 3 is 0.432 bits per heavy atom. The van der Waals surface area contributed by atoms with E-state index >= 15 is 0 Å². The Hall–Kier alpha value is -15.0. The number of rotatable bonds is 58. The molecule has 0 saturated carbocycles. The molecule has 12 rings (SSSR count). The van der Waals surface area contributed by atoms with Crippen LogP contribution >= 0.6 is 0 Å². The van der Waals surface area contributed by atoms with Crippen molar-refractivity contribution in [3.05, 3.63) is 259 Å². The van der Waals surface area contributed by atoms with E-state index in [2.05, 4.69) is 97.1 Å². The highest BCUT2D eigenvalue weighted by molar-refractivity contribution is 5.62. The van der Waals surface area contributed by atoms with Crippen molar-refractivity contribution in [3.63, 3.8) is 0 Å². The van der Waals surface area contributed by atoms with Gasteiger partial charge in [-0.15, -0.1) is 0 Å². The number of hydrogen-bond acceptors (Lipinski definition) is 28. The van der Waals surface area contributed by atoms with E-state index in [9.17, 15) is 0 Å². The highest BCUT2D eigenvalue weighted by Gasteiger charge is 2.33. The first-order valence-corrected chi connectivity index (χ1v) is 49.0. The Kier molecular flexibility index (Phi) is 43.0. The summed E-state index contributed by atoms with van der Waals surface area (Å²) in [5.74, 6) is 17.2. The normalized spacial score (nSPS) is 11.7. The fourth-order valence-electron chi connectivity index (χ4n) is 19.7. The van der Waals surface area contributed by atoms with Gasteiger partial charge < -0.3 is 133 Å². The maximum absolute atomic E-state index is 6.14. The lowest BCUT2D eigenvalue weighted by Gasteiger charge is -2.30. The van der Waals surface area contributed by atoms with Gasteiger partial charge in [-0.3, -0.25) is 0 Å². The summed E-state index contributed by atoms with van der Waals surface area (Å²) in [6.07, 6.45) is 11.5. The smallest absolute Gasteiger partial charge is 0.203 e. The van der Waals surface area contributed by atoms with Crippen molar-refractivity contribution < 1.29 is 133 Å². The van der Waals surface area contributed by atoms with Crippen molar-refractivity contribution in [3.8, 4) is 161 Å². The molecule has 0 bridgehead atoms. The Bertz CT molecular complexity index is 5750. The summed E-state index contributed by atoms with van der Waals surface area (Å²) in [7, 11) is 45.9. The molecule has 0 radical (unpaired) electrons. The van der Waals surface area contributed by atoms with Crippen molar-refractivity contribution in [2.75, 3.05) is 199 Å². The molecule has 4 atom stereocenters. The molecule has 12 aromatic rings. The van der Waals surface area contributed by atoms with Crippen LogP contribution in [0.5, 0.6) is 161 Å². The van der Waals surface area contributed by atoms with Gasteiger partial charge in [-0.25, -0.2) is 0 Å². The van der Waals surface area contributed by atoms with Gasteiger partial charge >= 0.3 is 0 Å². The van der Waals surface area contributed by atoms with Crippen LogP contribution in [0.15, 0.2) is 170 Å². The lowest BCUT2D eigenvalue weighted by atomic mass is 9.75. The third kappa shape index (κ3) is 27.7. The molecule has 0 heterocycles. The minimum absolute atomic E-state index is 0.0392. The van der Waals surface area contributed by atoms with E-state index in [-0.39, 0.29) is 23.7 Å². The molecule has 12 aromatic carbocycles. The van der Waals surface area contributed by atoms with Crippen LogP contribution in [0.2, 0.25) is 0 Å². The van der Waals surface area contributed by atoms with Crippen molar-refractivity contribution in [2.45, 2.75) is 115 Å². The number of benzene rings is 12. The molecule has 0 spiro atoms. The Morgan fingerprint density at radius 1 is 0.135 bits per heavy atom. The molecule has 796 valence electrons. The summed E-state index contributed by atoms with van der Waals surface area (Å²) in [6, 6.07) is 58.6. The predicted molar refractivity (Wildman–Crippen MR) is 574 cm³/mol. The second-order valence-electron chi connectivity index (χ2n) is 35.3. The average molecular weight is 2040 g/mol. The van der Waals surface area contributed by atoms with Crippen LogP contribution in [-0.2, 0) is 89.9 Å². The predicted octanol–water partition coefficient (Wildman–Crippen LogP) is 22.4. The average Bonchev–Trinajstić information content (AvgIpc) is 0.789.